The molecule has 2 fully saturated rings. The zero-order valence-corrected chi connectivity index (χ0v) is 19.8. The van der Waals surface area contributed by atoms with E-state index in [4.69, 9.17) is 16.1 Å². The third-order valence-electron chi connectivity index (χ3n) is 6.82. The number of sulfone groups is 1. The van der Waals surface area contributed by atoms with Gasteiger partial charge < -0.3 is 9.42 Å². The summed E-state index contributed by atoms with van der Waals surface area (Å²) in [6, 6.07) is 5.87. The average molecular weight is 490 g/mol. The molecule has 1 aromatic carbocycles. The smallest absolute Gasteiger partial charge is 0.266 e. The number of hydrogen-bond acceptors (Lipinski definition) is 9. The van der Waals surface area contributed by atoms with Gasteiger partial charge in [0.2, 0.25) is 5.89 Å². The van der Waals surface area contributed by atoms with E-state index in [-0.39, 0.29) is 23.5 Å². The number of benzene rings is 1. The third-order valence-corrected chi connectivity index (χ3v) is 8.84. The Morgan fingerprint density at radius 3 is 2.61 bits per heavy atom. The van der Waals surface area contributed by atoms with Crippen LogP contribution in [0.5, 0.6) is 0 Å². The lowest BCUT2D eigenvalue weighted by Crippen LogP contribution is -2.52. The van der Waals surface area contributed by atoms with Crippen molar-refractivity contribution in [3.63, 3.8) is 0 Å². The van der Waals surface area contributed by atoms with Crippen molar-refractivity contribution in [3.8, 4) is 5.69 Å². The van der Waals surface area contributed by atoms with E-state index in [0.717, 1.165) is 48.8 Å². The summed E-state index contributed by atoms with van der Waals surface area (Å²) < 4.78 is 30.9. The molecule has 0 bridgehead atoms. The number of nitrogens with zero attached hydrogens (tertiary/aromatic N) is 7. The standard InChI is InChI=1S/C21H24ClN7O3S/c1-13-23-21(26-32-13)27-6-4-14(5-7-27)20-25-24-19-10-28(17-11-33(30,31)12-17)9-15-8-16(22)2-3-18(15)29(19)20/h2-3,8,14,17H,4-7,9-12H2,1H3. The van der Waals surface area contributed by atoms with E-state index in [1.807, 2.05) is 18.2 Å². The van der Waals surface area contributed by atoms with E-state index in [2.05, 4.69) is 34.7 Å². The van der Waals surface area contributed by atoms with Crippen molar-refractivity contribution < 1.29 is 12.9 Å². The first-order valence-corrected chi connectivity index (χ1v) is 13.3. The molecular formula is C21H24ClN7O3S. The Balaban J connectivity index is 1.31. The molecule has 0 saturated carbocycles. The van der Waals surface area contributed by atoms with Crippen LogP contribution in [-0.2, 0) is 22.9 Å². The maximum atomic E-state index is 11.8. The molecule has 0 radical (unpaired) electrons. The normalized spacial score (nSPS) is 21.3. The quantitative estimate of drug-likeness (QED) is 0.546. The van der Waals surface area contributed by atoms with Crippen molar-refractivity contribution >= 4 is 27.4 Å². The lowest BCUT2D eigenvalue weighted by atomic mass is 9.96. The van der Waals surface area contributed by atoms with Crippen LogP contribution in [0, 0.1) is 6.92 Å². The van der Waals surface area contributed by atoms with Crippen LogP contribution in [0.15, 0.2) is 22.7 Å². The van der Waals surface area contributed by atoms with Gasteiger partial charge >= 0.3 is 0 Å². The Bertz CT molecular complexity index is 1300. The van der Waals surface area contributed by atoms with E-state index < -0.39 is 9.84 Å². The fourth-order valence-corrected chi connectivity index (χ4v) is 6.77. The van der Waals surface area contributed by atoms with Crippen molar-refractivity contribution in [1.82, 2.24) is 29.8 Å². The number of halogens is 1. The summed E-state index contributed by atoms with van der Waals surface area (Å²) in [5.41, 5.74) is 2.08. The number of fused-ring (bicyclic) bond motifs is 3. The molecule has 6 rings (SSSR count). The number of hydrogen-bond donors (Lipinski definition) is 0. The van der Waals surface area contributed by atoms with E-state index in [0.29, 0.717) is 30.0 Å². The molecule has 5 heterocycles. The van der Waals surface area contributed by atoms with Gasteiger partial charge in [-0.15, -0.1) is 10.2 Å². The molecule has 3 aromatic rings. The zero-order chi connectivity index (χ0) is 22.7. The molecule has 0 unspecified atom stereocenters. The number of aromatic nitrogens is 5. The molecule has 0 atom stereocenters. The summed E-state index contributed by atoms with van der Waals surface area (Å²) in [6.45, 7) is 4.60. The van der Waals surface area contributed by atoms with Gasteiger partial charge in [-0.05, 0) is 41.8 Å². The fraction of sp³-hybridized carbons (Fsp3) is 0.524. The van der Waals surface area contributed by atoms with Crippen LogP contribution >= 0.6 is 11.6 Å². The van der Waals surface area contributed by atoms with Gasteiger partial charge in [0.05, 0.1) is 23.7 Å². The Morgan fingerprint density at radius 1 is 1.12 bits per heavy atom. The minimum absolute atomic E-state index is 0.00446. The predicted octanol–water partition coefficient (Wildman–Crippen LogP) is 2.11. The molecule has 3 aliphatic heterocycles. The van der Waals surface area contributed by atoms with Gasteiger partial charge in [0, 0.05) is 43.5 Å². The largest absolute Gasteiger partial charge is 0.338 e. The van der Waals surface area contributed by atoms with Crippen LogP contribution in [0.25, 0.3) is 5.69 Å². The first-order valence-electron chi connectivity index (χ1n) is 11.1. The van der Waals surface area contributed by atoms with Crippen molar-refractivity contribution in [2.45, 2.75) is 44.8 Å². The van der Waals surface area contributed by atoms with Crippen LogP contribution in [0.4, 0.5) is 5.95 Å². The highest BCUT2D eigenvalue weighted by molar-refractivity contribution is 7.92. The lowest BCUT2D eigenvalue weighted by molar-refractivity contribution is 0.193. The lowest BCUT2D eigenvalue weighted by Gasteiger charge is -2.35. The van der Waals surface area contributed by atoms with Crippen LogP contribution < -0.4 is 4.90 Å². The van der Waals surface area contributed by atoms with Gasteiger partial charge in [-0.25, -0.2) is 8.42 Å². The molecule has 12 heteroatoms. The number of anilines is 1. The molecule has 0 aliphatic carbocycles. The Kier molecular flexibility index (Phi) is 4.96. The van der Waals surface area contributed by atoms with Crippen LogP contribution in [-0.4, -0.2) is 68.9 Å². The number of rotatable bonds is 3. The highest BCUT2D eigenvalue weighted by Gasteiger charge is 2.40. The average Bonchev–Trinajstić information content (AvgIpc) is 3.34. The van der Waals surface area contributed by atoms with E-state index in [1.165, 1.54) is 0 Å². The van der Waals surface area contributed by atoms with Gasteiger partial charge in [0.15, 0.2) is 15.7 Å². The van der Waals surface area contributed by atoms with Gasteiger partial charge in [-0.3, -0.25) is 9.47 Å². The predicted molar refractivity (Wildman–Crippen MR) is 121 cm³/mol. The second-order valence-electron chi connectivity index (χ2n) is 9.09. The van der Waals surface area contributed by atoms with E-state index in [9.17, 15) is 8.42 Å². The number of piperidine rings is 1. The molecule has 0 amide bonds. The zero-order valence-electron chi connectivity index (χ0n) is 18.2. The van der Waals surface area contributed by atoms with Gasteiger partial charge in [0.25, 0.3) is 5.95 Å². The van der Waals surface area contributed by atoms with E-state index in [1.54, 1.807) is 6.92 Å². The van der Waals surface area contributed by atoms with Gasteiger partial charge in [0.1, 0.15) is 5.82 Å². The molecule has 2 aromatic heterocycles. The monoisotopic (exact) mass is 489 g/mol. The van der Waals surface area contributed by atoms with Crippen LogP contribution in [0.3, 0.4) is 0 Å². The molecule has 33 heavy (non-hydrogen) atoms. The summed E-state index contributed by atoms with van der Waals surface area (Å²) in [7, 11) is -2.93. The second kappa shape index (κ2) is 7.78. The summed E-state index contributed by atoms with van der Waals surface area (Å²) >= 11 is 6.34. The molecule has 174 valence electrons. The van der Waals surface area contributed by atoms with Crippen LogP contribution in [0.1, 0.15) is 41.9 Å². The van der Waals surface area contributed by atoms with Crippen molar-refractivity contribution in [2.24, 2.45) is 0 Å². The van der Waals surface area contributed by atoms with Crippen molar-refractivity contribution in [3.05, 3.63) is 46.3 Å². The number of aryl methyl sites for hydroxylation is 1. The maximum absolute atomic E-state index is 11.8. The molecule has 0 N–H and O–H groups in total. The molecule has 3 aliphatic rings. The van der Waals surface area contributed by atoms with Crippen LogP contribution in [0.2, 0.25) is 5.02 Å². The second-order valence-corrected chi connectivity index (χ2v) is 11.7. The highest BCUT2D eigenvalue weighted by atomic mass is 35.5. The first kappa shape index (κ1) is 21.1. The Labute approximate surface area is 196 Å². The first-order chi connectivity index (χ1) is 15.9. The van der Waals surface area contributed by atoms with Crippen molar-refractivity contribution in [2.75, 3.05) is 29.5 Å². The minimum Gasteiger partial charge on any atom is -0.338 e. The summed E-state index contributed by atoms with van der Waals surface area (Å²) in [4.78, 5) is 8.67. The third kappa shape index (κ3) is 3.81. The topological polar surface area (TPSA) is 110 Å². The molecular weight excluding hydrogens is 466 g/mol. The summed E-state index contributed by atoms with van der Waals surface area (Å²) in [5.74, 6) is 3.61. The van der Waals surface area contributed by atoms with Crippen molar-refractivity contribution in [1.29, 1.82) is 0 Å². The Hall–Kier alpha value is -2.50. The van der Waals surface area contributed by atoms with Gasteiger partial charge in [-0.1, -0.05) is 11.6 Å². The molecule has 2 saturated heterocycles. The molecule has 10 nitrogen and oxygen atoms in total. The van der Waals surface area contributed by atoms with Gasteiger partial charge in [-0.2, -0.15) is 4.98 Å². The highest BCUT2D eigenvalue weighted by Crippen LogP contribution is 2.35. The summed E-state index contributed by atoms with van der Waals surface area (Å²) in [5, 5.41) is 13.9. The minimum atomic E-state index is -2.93. The Morgan fingerprint density at radius 2 is 1.91 bits per heavy atom. The summed E-state index contributed by atoms with van der Waals surface area (Å²) in [6.07, 6.45) is 1.80. The maximum Gasteiger partial charge on any atom is 0.266 e. The fourth-order valence-electron chi connectivity index (χ4n) is 5.08. The molecule has 0 spiro atoms. The van der Waals surface area contributed by atoms with E-state index >= 15 is 0 Å². The SMILES string of the molecule is Cc1nc(N2CCC(c3nnc4n3-c3ccc(Cl)cc3CN(C3CS(=O)(=O)C3)C4)CC2)no1.